The summed E-state index contributed by atoms with van der Waals surface area (Å²) in [7, 11) is 1.01. The van der Waals surface area contributed by atoms with E-state index in [1.807, 2.05) is 0 Å². The smallest absolute Gasteiger partial charge is 0.380 e. The minimum atomic E-state index is 1.01. The molecule has 0 atom stereocenters. The molecule has 0 unspecified atom stereocenters. The van der Waals surface area contributed by atoms with Crippen molar-refractivity contribution >= 4 is 20.4 Å². The Balaban J connectivity index is 2.41. The van der Waals surface area contributed by atoms with Crippen LogP contribution in [-0.2, 0) is 0 Å². The SMILES string of the molecule is c1ccc2c(c1)NCC[Si+]2. The van der Waals surface area contributed by atoms with Crippen molar-refractivity contribution in [1.82, 2.24) is 0 Å². The van der Waals surface area contributed by atoms with Crippen molar-refractivity contribution in [2.75, 3.05) is 11.9 Å². The Hall–Kier alpha value is -0.763. The number of para-hydroxylation sites is 1. The van der Waals surface area contributed by atoms with Crippen LogP contribution in [-0.4, -0.2) is 16.1 Å². The van der Waals surface area contributed by atoms with Gasteiger partial charge in [0, 0.05) is 6.54 Å². The van der Waals surface area contributed by atoms with Crippen LogP contribution in [0.3, 0.4) is 0 Å². The molecule has 0 fully saturated rings. The van der Waals surface area contributed by atoms with Crippen molar-refractivity contribution in [3.8, 4) is 0 Å². The van der Waals surface area contributed by atoms with E-state index in [4.69, 9.17) is 0 Å². The lowest BCUT2D eigenvalue weighted by Crippen LogP contribution is -2.26. The lowest BCUT2D eigenvalue weighted by molar-refractivity contribution is 1.18. The number of benzene rings is 1. The van der Waals surface area contributed by atoms with Crippen molar-refractivity contribution in [2.45, 2.75) is 6.04 Å². The van der Waals surface area contributed by atoms with E-state index < -0.39 is 0 Å². The molecule has 1 aliphatic heterocycles. The quantitative estimate of drug-likeness (QED) is 0.537. The molecule has 1 aliphatic rings. The van der Waals surface area contributed by atoms with Crippen molar-refractivity contribution in [2.24, 2.45) is 0 Å². The molecule has 0 aliphatic carbocycles. The zero-order chi connectivity index (χ0) is 6.81. The molecule has 0 amide bonds. The highest BCUT2D eigenvalue weighted by Crippen LogP contribution is 2.06. The van der Waals surface area contributed by atoms with E-state index in [2.05, 4.69) is 29.6 Å². The molecule has 10 heavy (non-hydrogen) atoms. The van der Waals surface area contributed by atoms with Gasteiger partial charge in [-0.1, -0.05) is 12.1 Å². The molecule has 1 nitrogen and oxygen atoms in total. The molecule has 1 N–H and O–H groups in total. The highest BCUT2D eigenvalue weighted by molar-refractivity contribution is 6.56. The van der Waals surface area contributed by atoms with Gasteiger partial charge in [0.15, 0.2) is 0 Å². The summed E-state index contributed by atoms with van der Waals surface area (Å²) >= 11 is 0. The van der Waals surface area contributed by atoms with Crippen LogP contribution in [0.15, 0.2) is 24.3 Å². The summed E-state index contributed by atoms with van der Waals surface area (Å²) in [6.07, 6.45) is 0. The molecule has 0 spiro atoms. The van der Waals surface area contributed by atoms with Gasteiger partial charge >= 0.3 is 9.52 Å². The highest BCUT2D eigenvalue weighted by atomic mass is 28.2. The van der Waals surface area contributed by atoms with Crippen LogP contribution < -0.4 is 10.5 Å². The summed E-state index contributed by atoms with van der Waals surface area (Å²) in [5.74, 6) is 0. The Morgan fingerprint density at radius 3 is 3.10 bits per heavy atom. The largest absolute Gasteiger partial charge is 0.528 e. The number of hydrogen-bond donors (Lipinski definition) is 1. The molecular weight excluding hydrogens is 138 g/mol. The molecule has 2 heteroatoms. The van der Waals surface area contributed by atoms with E-state index in [-0.39, 0.29) is 0 Å². The third-order valence-corrected chi connectivity index (χ3v) is 3.00. The first kappa shape index (κ1) is 5.98. The molecule has 1 heterocycles. The van der Waals surface area contributed by atoms with E-state index in [0.29, 0.717) is 0 Å². The molecule has 0 bridgehead atoms. The monoisotopic (exact) mass is 147 g/mol. The molecular formula is C8H9NSi+. The van der Waals surface area contributed by atoms with Gasteiger partial charge < -0.3 is 5.32 Å². The summed E-state index contributed by atoms with van der Waals surface area (Å²) in [6, 6.07) is 9.86. The summed E-state index contributed by atoms with van der Waals surface area (Å²) in [5.41, 5.74) is 1.34. The molecule has 2 rings (SSSR count). The van der Waals surface area contributed by atoms with Crippen LogP contribution in [0.2, 0.25) is 6.04 Å². The Kier molecular flexibility index (Phi) is 1.47. The molecule has 1 radical (unpaired) electrons. The van der Waals surface area contributed by atoms with E-state index >= 15 is 0 Å². The van der Waals surface area contributed by atoms with Gasteiger partial charge in [-0.25, -0.2) is 0 Å². The topological polar surface area (TPSA) is 12.0 Å². The van der Waals surface area contributed by atoms with Gasteiger partial charge in [-0.2, -0.15) is 0 Å². The van der Waals surface area contributed by atoms with Crippen LogP contribution in [0.1, 0.15) is 0 Å². The summed E-state index contributed by atoms with van der Waals surface area (Å²) in [4.78, 5) is 0. The first-order chi connectivity index (χ1) is 4.97. The van der Waals surface area contributed by atoms with Crippen LogP contribution in [0, 0.1) is 0 Å². The van der Waals surface area contributed by atoms with E-state index in [0.717, 1.165) is 16.1 Å². The van der Waals surface area contributed by atoms with Gasteiger partial charge in [0.2, 0.25) is 0 Å². The van der Waals surface area contributed by atoms with Gasteiger partial charge in [-0.3, -0.25) is 0 Å². The predicted molar refractivity (Wildman–Crippen MR) is 45.1 cm³/mol. The maximum absolute atomic E-state index is 3.37. The fourth-order valence-electron chi connectivity index (χ4n) is 1.19. The zero-order valence-corrected chi connectivity index (χ0v) is 6.72. The maximum Gasteiger partial charge on any atom is 0.528 e. The second-order valence-corrected chi connectivity index (χ2v) is 3.79. The van der Waals surface area contributed by atoms with Crippen LogP contribution >= 0.6 is 0 Å². The van der Waals surface area contributed by atoms with Crippen molar-refractivity contribution in [3.63, 3.8) is 0 Å². The van der Waals surface area contributed by atoms with Crippen LogP contribution in [0.5, 0.6) is 0 Å². The van der Waals surface area contributed by atoms with Crippen molar-refractivity contribution in [3.05, 3.63) is 24.3 Å². The number of hydrogen-bond acceptors (Lipinski definition) is 1. The third-order valence-electron chi connectivity index (χ3n) is 1.68. The van der Waals surface area contributed by atoms with Crippen molar-refractivity contribution in [1.29, 1.82) is 0 Å². The molecule has 49 valence electrons. The molecule has 1 aromatic rings. The van der Waals surface area contributed by atoms with Gasteiger partial charge in [0.25, 0.3) is 0 Å². The Morgan fingerprint density at radius 2 is 2.20 bits per heavy atom. The maximum atomic E-state index is 3.37. The summed E-state index contributed by atoms with van der Waals surface area (Å²) < 4.78 is 0. The lowest BCUT2D eigenvalue weighted by Gasteiger charge is -2.06. The van der Waals surface area contributed by atoms with Crippen molar-refractivity contribution < 1.29 is 0 Å². The highest BCUT2D eigenvalue weighted by Gasteiger charge is 2.22. The number of rotatable bonds is 0. The van der Waals surface area contributed by atoms with Crippen LogP contribution in [0.4, 0.5) is 5.69 Å². The fourth-order valence-corrected chi connectivity index (χ4v) is 2.28. The molecule has 0 aromatic heterocycles. The first-order valence-corrected chi connectivity index (χ1v) is 4.74. The normalized spacial score (nSPS) is 14.8. The minimum Gasteiger partial charge on any atom is -0.380 e. The fraction of sp³-hybridized carbons (Fsp3) is 0.250. The number of nitrogens with one attached hydrogen (secondary N) is 1. The first-order valence-electron chi connectivity index (χ1n) is 3.53. The Labute approximate surface area is 63.3 Å². The molecule has 0 saturated carbocycles. The standard InChI is InChI=1S/C8H9NSi/c1-2-4-8-7(3-1)9-5-6-10-8/h1-4,9H,5-6H2/q+1. The van der Waals surface area contributed by atoms with Gasteiger partial charge in [0.1, 0.15) is 11.2 Å². The van der Waals surface area contributed by atoms with Gasteiger partial charge in [0.05, 0.1) is 5.69 Å². The summed E-state index contributed by atoms with van der Waals surface area (Å²) in [6.45, 7) is 1.15. The average Bonchev–Trinajstić information content (AvgIpc) is 2.05. The average molecular weight is 147 g/mol. The van der Waals surface area contributed by atoms with E-state index in [9.17, 15) is 0 Å². The van der Waals surface area contributed by atoms with Crippen LogP contribution in [0.25, 0.3) is 0 Å². The lowest BCUT2D eigenvalue weighted by atomic mass is 10.3. The van der Waals surface area contributed by atoms with Gasteiger partial charge in [-0.15, -0.1) is 0 Å². The van der Waals surface area contributed by atoms with E-state index in [1.165, 1.54) is 16.9 Å². The molecule has 0 saturated heterocycles. The molecule has 1 aromatic carbocycles. The third kappa shape index (κ3) is 0.947. The number of fused-ring (bicyclic) bond motifs is 1. The number of anilines is 1. The second kappa shape index (κ2) is 2.46. The second-order valence-electron chi connectivity index (χ2n) is 2.40. The van der Waals surface area contributed by atoms with E-state index in [1.54, 1.807) is 0 Å². The Bertz CT molecular complexity index is 209. The minimum absolute atomic E-state index is 1.01. The summed E-state index contributed by atoms with van der Waals surface area (Å²) in [5, 5.41) is 4.86. The zero-order valence-electron chi connectivity index (χ0n) is 5.72. The Morgan fingerprint density at radius 1 is 1.30 bits per heavy atom. The van der Waals surface area contributed by atoms with Gasteiger partial charge in [-0.05, 0) is 12.1 Å². The predicted octanol–water partition coefficient (Wildman–Crippen LogP) is 0.860.